The number of ether oxygens (including phenoxy) is 4. The van der Waals surface area contributed by atoms with Crippen LogP contribution in [0.2, 0.25) is 10.2 Å². The molecule has 1 fully saturated rings. The molecule has 1 aromatic heterocycles. The van der Waals surface area contributed by atoms with Crippen molar-refractivity contribution in [1.82, 2.24) is 15.2 Å². The van der Waals surface area contributed by atoms with Gasteiger partial charge in [-0.2, -0.15) is 4.98 Å². The molecule has 0 radical (unpaired) electrons. The Balaban J connectivity index is 1.57. The maximum absolute atomic E-state index is 12.5. The van der Waals surface area contributed by atoms with E-state index in [9.17, 15) is 14.7 Å². The van der Waals surface area contributed by atoms with Crippen molar-refractivity contribution >= 4 is 35.3 Å². The average molecular weight is 568 g/mol. The molecule has 0 unspecified atom stereocenters. The maximum Gasteiger partial charge on any atom is 0.410 e. The third-order valence-electron chi connectivity index (χ3n) is 5.83. The summed E-state index contributed by atoms with van der Waals surface area (Å²) in [6.45, 7) is 10.6. The van der Waals surface area contributed by atoms with E-state index in [1.807, 2.05) is 19.9 Å². The number of aromatic nitrogens is 1. The highest BCUT2D eigenvalue weighted by atomic mass is 35.5. The van der Waals surface area contributed by atoms with Gasteiger partial charge >= 0.3 is 12.1 Å². The largest absolute Gasteiger partial charge is 0.489 e. The number of rotatable bonds is 6. The maximum atomic E-state index is 12.5. The number of para-hydroxylation sites is 1. The number of hydrogen-bond donors (Lipinski definition) is 2. The van der Waals surface area contributed by atoms with Gasteiger partial charge in [0.25, 0.3) is 0 Å². The molecule has 38 heavy (non-hydrogen) atoms. The third-order valence-corrected chi connectivity index (χ3v) is 6.55. The second-order valence-electron chi connectivity index (χ2n) is 10.8. The van der Waals surface area contributed by atoms with Crippen molar-refractivity contribution in [2.75, 3.05) is 26.2 Å². The third kappa shape index (κ3) is 6.36. The van der Waals surface area contributed by atoms with E-state index >= 15 is 0 Å². The molecule has 2 aliphatic rings. The summed E-state index contributed by atoms with van der Waals surface area (Å²) in [6, 6.07) is 5.05. The molecule has 0 spiro atoms. The molecule has 0 aliphatic carbocycles. The van der Waals surface area contributed by atoms with Crippen molar-refractivity contribution in [2.45, 2.75) is 58.3 Å². The standard InChI is InChI=1S/C26H31Cl2N3O7/c1-25(2,3)38-24(34)31-10-9-29-15(12-31)13-35-20-17(23(32)33)22(30-21(28)18(20)27)36-16-8-6-7-14-11-26(4,5)37-19(14)16/h6-8,15,29H,9-13H2,1-5H3,(H,32,33)/t15-/m1/s1. The Bertz CT molecular complexity index is 1250. The molecule has 2 aliphatic heterocycles. The van der Waals surface area contributed by atoms with Gasteiger partial charge in [0.2, 0.25) is 5.88 Å². The monoisotopic (exact) mass is 567 g/mol. The number of piperazine rings is 1. The summed E-state index contributed by atoms with van der Waals surface area (Å²) in [4.78, 5) is 30.5. The number of fused-ring (bicyclic) bond motifs is 1. The lowest BCUT2D eigenvalue weighted by atomic mass is 10.0. The number of carbonyl (C=O) groups excluding carboxylic acids is 1. The van der Waals surface area contributed by atoms with Gasteiger partial charge in [0.05, 0.1) is 6.04 Å². The Labute approximate surface area is 231 Å². The zero-order valence-electron chi connectivity index (χ0n) is 21.9. The minimum Gasteiger partial charge on any atom is -0.489 e. The van der Waals surface area contributed by atoms with Gasteiger partial charge in [0.15, 0.2) is 28.0 Å². The highest BCUT2D eigenvalue weighted by molar-refractivity contribution is 6.42. The van der Waals surface area contributed by atoms with Gasteiger partial charge in [-0.1, -0.05) is 35.3 Å². The van der Waals surface area contributed by atoms with Crippen molar-refractivity contribution in [1.29, 1.82) is 0 Å². The minimum atomic E-state index is -1.36. The van der Waals surface area contributed by atoms with Crippen molar-refractivity contribution in [2.24, 2.45) is 0 Å². The Kier molecular flexibility index (Phi) is 7.88. The lowest BCUT2D eigenvalue weighted by molar-refractivity contribution is 0.0178. The van der Waals surface area contributed by atoms with Crippen LogP contribution >= 0.6 is 23.2 Å². The van der Waals surface area contributed by atoms with Crippen LogP contribution in [-0.4, -0.2) is 70.5 Å². The van der Waals surface area contributed by atoms with Crippen LogP contribution in [0.25, 0.3) is 0 Å². The molecule has 1 saturated heterocycles. The quantitative estimate of drug-likeness (QED) is 0.455. The predicted octanol–water partition coefficient (Wildman–Crippen LogP) is 5.18. The first-order chi connectivity index (χ1) is 17.7. The number of nitrogens with zero attached hydrogens (tertiary/aromatic N) is 2. The number of nitrogens with one attached hydrogen (secondary N) is 1. The second kappa shape index (κ2) is 10.7. The number of aromatic carboxylic acids is 1. The van der Waals surface area contributed by atoms with Crippen LogP contribution in [-0.2, 0) is 11.2 Å². The molecule has 12 heteroatoms. The van der Waals surface area contributed by atoms with Gasteiger partial charge in [0, 0.05) is 31.6 Å². The molecular formula is C26H31Cl2N3O7. The van der Waals surface area contributed by atoms with E-state index in [4.69, 9.17) is 42.1 Å². The van der Waals surface area contributed by atoms with Crippen LogP contribution in [0.4, 0.5) is 4.79 Å². The fourth-order valence-electron chi connectivity index (χ4n) is 4.28. The van der Waals surface area contributed by atoms with Crippen LogP contribution in [0.15, 0.2) is 18.2 Å². The van der Waals surface area contributed by atoms with Crippen molar-refractivity contribution < 1.29 is 33.6 Å². The topological polar surface area (TPSA) is 119 Å². The van der Waals surface area contributed by atoms with E-state index in [0.29, 0.717) is 37.6 Å². The highest BCUT2D eigenvalue weighted by Crippen LogP contribution is 2.46. The normalized spacial score (nSPS) is 18.4. The van der Waals surface area contributed by atoms with Crippen molar-refractivity contribution in [3.8, 4) is 23.1 Å². The predicted molar refractivity (Wildman–Crippen MR) is 141 cm³/mol. The number of benzene rings is 1. The van der Waals surface area contributed by atoms with E-state index in [0.717, 1.165) is 5.56 Å². The van der Waals surface area contributed by atoms with Crippen molar-refractivity contribution in [3.05, 3.63) is 39.5 Å². The number of amides is 1. The molecule has 10 nitrogen and oxygen atoms in total. The zero-order valence-corrected chi connectivity index (χ0v) is 23.4. The molecule has 0 bridgehead atoms. The lowest BCUT2D eigenvalue weighted by Crippen LogP contribution is -2.55. The molecular weight excluding hydrogens is 537 g/mol. The van der Waals surface area contributed by atoms with Gasteiger partial charge in [-0.25, -0.2) is 9.59 Å². The molecule has 1 atom stereocenters. The van der Waals surface area contributed by atoms with Crippen LogP contribution in [0, 0.1) is 0 Å². The summed E-state index contributed by atoms with van der Waals surface area (Å²) in [5.74, 6) is -1.01. The SMILES string of the molecule is CC(C)(C)OC(=O)N1CCN[C@@H](COc2c(Cl)c(Cl)nc(Oc3cccc4c3OC(C)(C)C4)c2C(=O)O)C1. The number of carbonyl (C=O) groups is 2. The summed E-state index contributed by atoms with van der Waals surface area (Å²) in [6.07, 6.45) is 0.236. The number of carboxylic acids is 1. The van der Waals surface area contributed by atoms with Crippen LogP contribution < -0.4 is 19.5 Å². The molecule has 3 heterocycles. The van der Waals surface area contributed by atoms with E-state index < -0.39 is 23.3 Å². The second-order valence-corrected chi connectivity index (χ2v) is 11.5. The van der Waals surface area contributed by atoms with E-state index in [1.165, 1.54) is 0 Å². The Morgan fingerprint density at radius 1 is 1.29 bits per heavy atom. The molecule has 1 amide bonds. The summed E-state index contributed by atoms with van der Waals surface area (Å²) < 4.78 is 23.3. The summed E-state index contributed by atoms with van der Waals surface area (Å²) >= 11 is 12.6. The smallest absolute Gasteiger partial charge is 0.410 e. The first-order valence-electron chi connectivity index (χ1n) is 12.2. The van der Waals surface area contributed by atoms with Crippen LogP contribution in [0.3, 0.4) is 0 Å². The first-order valence-corrected chi connectivity index (χ1v) is 12.9. The fraction of sp³-hybridized carbons (Fsp3) is 0.500. The van der Waals surface area contributed by atoms with Gasteiger partial charge in [-0.05, 0) is 40.7 Å². The fourth-order valence-corrected chi connectivity index (χ4v) is 4.63. The Morgan fingerprint density at radius 2 is 2.03 bits per heavy atom. The van der Waals surface area contributed by atoms with Gasteiger partial charge in [0.1, 0.15) is 22.8 Å². The highest BCUT2D eigenvalue weighted by Gasteiger charge is 2.34. The molecule has 2 aromatic rings. The number of carboxylic acid groups (broad SMARTS) is 1. The number of hydrogen-bond acceptors (Lipinski definition) is 8. The first kappa shape index (κ1) is 28.1. The van der Waals surface area contributed by atoms with Crippen LogP contribution in [0.5, 0.6) is 23.1 Å². The van der Waals surface area contributed by atoms with E-state index in [2.05, 4.69) is 10.3 Å². The average Bonchev–Trinajstić information content (AvgIpc) is 3.14. The summed E-state index contributed by atoms with van der Waals surface area (Å²) in [7, 11) is 0. The molecule has 206 valence electrons. The van der Waals surface area contributed by atoms with E-state index in [1.54, 1.807) is 37.8 Å². The Hall–Kier alpha value is -2.95. The van der Waals surface area contributed by atoms with Gasteiger partial charge in [-0.15, -0.1) is 0 Å². The molecule has 4 rings (SSSR count). The lowest BCUT2D eigenvalue weighted by Gasteiger charge is -2.34. The molecule has 0 saturated carbocycles. The van der Waals surface area contributed by atoms with Gasteiger partial charge < -0.3 is 34.3 Å². The molecule has 1 aromatic carbocycles. The molecule has 2 N–H and O–H groups in total. The summed E-state index contributed by atoms with van der Waals surface area (Å²) in [5, 5.41) is 13.0. The van der Waals surface area contributed by atoms with Gasteiger partial charge in [-0.3, -0.25) is 0 Å². The number of pyridine rings is 1. The van der Waals surface area contributed by atoms with Crippen LogP contribution in [0.1, 0.15) is 50.5 Å². The van der Waals surface area contributed by atoms with E-state index in [-0.39, 0.29) is 40.0 Å². The zero-order chi connectivity index (χ0) is 27.8. The minimum absolute atomic E-state index is 0.00286. The van der Waals surface area contributed by atoms with Crippen molar-refractivity contribution in [3.63, 3.8) is 0 Å². The number of halogens is 2. The summed E-state index contributed by atoms with van der Waals surface area (Å²) in [5.41, 5.74) is -0.508. The Morgan fingerprint density at radius 3 is 2.71 bits per heavy atom.